The van der Waals surface area contributed by atoms with Crippen molar-refractivity contribution in [1.82, 2.24) is 20.8 Å². The third kappa shape index (κ3) is 2.29. The van der Waals surface area contributed by atoms with E-state index in [1.807, 2.05) is 24.3 Å². The Morgan fingerprint density at radius 2 is 2.15 bits per heavy atom. The van der Waals surface area contributed by atoms with Crippen LogP contribution in [0.5, 0.6) is 0 Å². The van der Waals surface area contributed by atoms with E-state index in [-0.39, 0.29) is 18.0 Å². The molecular formula is C15H20N4O. The zero-order valence-electron chi connectivity index (χ0n) is 11.8. The fraction of sp³-hybridized carbons (Fsp3) is 0.467. The molecule has 1 aliphatic heterocycles. The Hall–Kier alpha value is -1.88. The minimum atomic E-state index is -0.102. The molecule has 2 heterocycles. The number of carbonyl (C=O) groups is 1. The van der Waals surface area contributed by atoms with E-state index in [4.69, 9.17) is 0 Å². The average Bonchev–Trinajstić information content (AvgIpc) is 2.87. The number of rotatable bonds is 2. The molecule has 0 spiro atoms. The molecule has 0 aliphatic carbocycles. The van der Waals surface area contributed by atoms with Crippen LogP contribution >= 0.6 is 0 Å². The van der Waals surface area contributed by atoms with Crippen molar-refractivity contribution in [3.05, 3.63) is 30.0 Å². The summed E-state index contributed by atoms with van der Waals surface area (Å²) in [7, 11) is 0. The van der Waals surface area contributed by atoms with Crippen molar-refractivity contribution >= 4 is 16.8 Å². The largest absolute Gasteiger partial charge is 0.346 e. The molecule has 3 rings (SSSR count). The minimum absolute atomic E-state index is 0.102. The van der Waals surface area contributed by atoms with Crippen LogP contribution in [0.25, 0.3) is 10.9 Å². The fourth-order valence-electron chi connectivity index (χ4n) is 2.96. The summed E-state index contributed by atoms with van der Waals surface area (Å²) >= 11 is 0. The molecule has 20 heavy (non-hydrogen) atoms. The Balaban J connectivity index is 1.82. The quantitative estimate of drug-likeness (QED) is 0.779. The normalized spacial score (nSPS) is 26.6. The Kier molecular flexibility index (Phi) is 3.44. The maximum atomic E-state index is 12.5. The molecule has 0 bridgehead atoms. The van der Waals surface area contributed by atoms with E-state index in [1.54, 1.807) is 0 Å². The predicted molar refractivity (Wildman–Crippen MR) is 78.6 cm³/mol. The number of para-hydroxylation sites is 1. The van der Waals surface area contributed by atoms with Crippen LogP contribution in [0.3, 0.4) is 0 Å². The second-order valence-corrected chi connectivity index (χ2v) is 5.63. The van der Waals surface area contributed by atoms with Gasteiger partial charge in [0, 0.05) is 17.5 Å². The molecule has 1 amide bonds. The van der Waals surface area contributed by atoms with Gasteiger partial charge >= 0.3 is 0 Å². The Morgan fingerprint density at radius 1 is 1.35 bits per heavy atom. The summed E-state index contributed by atoms with van der Waals surface area (Å²) in [5.41, 5.74) is 1.37. The van der Waals surface area contributed by atoms with Crippen LogP contribution in [0.2, 0.25) is 0 Å². The summed E-state index contributed by atoms with van der Waals surface area (Å²) in [4.78, 5) is 12.5. The van der Waals surface area contributed by atoms with Crippen LogP contribution in [-0.2, 0) is 0 Å². The van der Waals surface area contributed by atoms with E-state index in [2.05, 4.69) is 34.7 Å². The highest BCUT2D eigenvalue weighted by Gasteiger charge is 2.29. The number of hydrogen-bond acceptors (Lipinski definition) is 3. The first-order valence-corrected chi connectivity index (χ1v) is 7.14. The Labute approximate surface area is 118 Å². The molecule has 1 aromatic carbocycles. The van der Waals surface area contributed by atoms with Crippen molar-refractivity contribution in [2.45, 2.75) is 32.4 Å². The second kappa shape index (κ2) is 5.25. The molecule has 3 atom stereocenters. The zero-order valence-corrected chi connectivity index (χ0v) is 11.8. The van der Waals surface area contributed by atoms with E-state index < -0.39 is 0 Å². The average molecular weight is 272 g/mol. The highest BCUT2D eigenvalue weighted by Crippen LogP contribution is 2.19. The molecule has 1 aromatic heterocycles. The van der Waals surface area contributed by atoms with Gasteiger partial charge in [-0.1, -0.05) is 25.1 Å². The number of fused-ring (bicyclic) bond motifs is 1. The van der Waals surface area contributed by atoms with Crippen molar-refractivity contribution in [3.8, 4) is 0 Å². The number of aromatic nitrogens is 2. The van der Waals surface area contributed by atoms with Gasteiger partial charge in [0.2, 0.25) is 0 Å². The molecule has 3 unspecified atom stereocenters. The summed E-state index contributed by atoms with van der Waals surface area (Å²) in [5.74, 6) is 0.371. The summed E-state index contributed by atoms with van der Waals surface area (Å²) in [5, 5.41) is 14.5. The number of nitrogens with zero attached hydrogens (tertiary/aromatic N) is 1. The monoisotopic (exact) mass is 272 g/mol. The van der Waals surface area contributed by atoms with E-state index in [9.17, 15) is 4.79 Å². The number of carbonyl (C=O) groups excluding carboxylic acids is 1. The Morgan fingerprint density at radius 3 is 2.95 bits per heavy atom. The first-order chi connectivity index (χ1) is 9.66. The lowest BCUT2D eigenvalue weighted by Gasteiger charge is -2.35. The van der Waals surface area contributed by atoms with Gasteiger partial charge in [-0.25, -0.2) is 0 Å². The number of piperidine rings is 1. The maximum absolute atomic E-state index is 12.5. The van der Waals surface area contributed by atoms with Crippen LogP contribution in [-0.4, -0.2) is 34.7 Å². The highest BCUT2D eigenvalue weighted by molar-refractivity contribution is 6.04. The highest BCUT2D eigenvalue weighted by atomic mass is 16.2. The first-order valence-electron chi connectivity index (χ1n) is 7.14. The van der Waals surface area contributed by atoms with E-state index in [0.717, 1.165) is 23.9 Å². The van der Waals surface area contributed by atoms with E-state index in [0.29, 0.717) is 11.6 Å². The minimum Gasteiger partial charge on any atom is -0.346 e. The van der Waals surface area contributed by atoms with Crippen LogP contribution in [0, 0.1) is 5.92 Å². The van der Waals surface area contributed by atoms with Gasteiger partial charge in [0.15, 0.2) is 5.69 Å². The van der Waals surface area contributed by atoms with Crippen LogP contribution in [0.4, 0.5) is 0 Å². The molecule has 1 saturated heterocycles. The molecule has 3 N–H and O–H groups in total. The van der Waals surface area contributed by atoms with Gasteiger partial charge in [-0.3, -0.25) is 9.89 Å². The lowest BCUT2D eigenvalue weighted by molar-refractivity contribution is 0.0894. The zero-order chi connectivity index (χ0) is 14.1. The standard InChI is InChI=1S/C15H20N4O/c1-9-7-8-16-10(2)13(9)17-15(20)14-11-5-3-4-6-12(11)18-19-14/h3-6,9-10,13,16H,7-8H2,1-2H3,(H,17,20)(H,18,19). The molecule has 0 radical (unpaired) electrons. The van der Waals surface area contributed by atoms with Crippen molar-refractivity contribution < 1.29 is 4.79 Å². The Bertz CT molecular complexity index is 611. The number of hydrogen-bond donors (Lipinski definition) is 3. The third-order valence-electron chi connectivity index (χ3n) is 4.20. The van der Waals surface area contributed by atoms with Crippen molar-refractivity contribution in [1.29, 1.82) is 0 Å². The van der Waals surface area contributed by atoms with Crippen LogP contribution < -0.4 is 10.6 Å². The van der Waals surface area contributed by atoms with Crippen LogP contribution in [0.15, 0.2) is 24.3 Å². The van der Waals surface area contributed by atoms with Gasteiger partial charge < -0.3 is 10.6 Å². The fourth-order valence-corrected chi connectivity index (χ4v) is 2.96. The van der Waals surface area contributed by atoms with Gasteiger partial charge in [-0.15, -0.1) is 0 Å². The number of amides is 1. The molecule has 0 saturated carbocycles. The number of H-pyrrole nitrogens is 1. The molecule has 1 fully saturated rings. The molecule has 1 aliphatic rings. The lowest BCUT2D eigenvalue weighted by Crippen LogP contribution is -2.56. The first kappa shape index (κ1) is 13.1. The van der Waals surface area contributed by atoms with Crippen molar-refractivity contribution in [3.63, 3.8) is 0 Å². The molecule has 5 heteroatoms. The molecule has 2 aromatic rings. The predicted octanol–water partition coefficient (Wildman–Crippen LogP) is 1.68. The number of aromatic amines is 1. The number of nitrogens with one attached hydrogen (secondary N) is 3. The van der Waals surface area contributed by atoms with Crippen molar-refractivity contribution in [2.24, 2.45) is 5.92 Å². The van der Waals surface area contributed by atoms with Gasteiger partial charge in [0.05, 0.1) is 5.52 Å². The van der Waals surface area contributed by atoms with Gasteiger partial charge in [-0.05, 0) is 31.9 Å². The van der Waals surface area contributed by atoms with E-state index in [1.165, 1.54) is 0 Å². The SMILES string of the molecule is CC1CCNC(C)C1NC(=O)c1n[nH]c2ccccc12. The van der Waals surface area contributed by atoms with E-state index >= 15 is 0 Å². The summed E-state index contributed by atoms with van der Waals surface area (Å²) in [6.07, 6.45) is 1.08. The van der Waals surface area contributed by atoms with Gasteiger partial charge in [0.1, 0.15) is 0 Å². The summed E-state index contributed by atoms with van der Waals surface area (Å²) in [6, 6.07) is 8.12. The summed E-state index contributed by atoms with van der Waals surface area (Å²) < 4.78 is 0. The van der Waals surface area contributed by atoms with Crippen molar-refractivity contribution in [2.75, 3.05) is 6.54 Å². The van der Waals surface area contributed by atoms with Gasteiger partial charge in [-0.2, -0.15) is 5.10 Å². The van der Waals surface area contributed by atoms with Crippen LogP contribution in [0.1, 0.15) is 30.8 Å². The molecular weight excluding hydrogens is 252 g/mol. The molecule has 5 nitrogen and oxygen atoms in total. The third-order valence-corrected chi connectivity index (χ3v) is 4.20. The number of benzene rings is 1. The maximum Gasteiger partial charge on any atom is 0.272 e. The van der Waals surface area contributed by atoms with Gasteiger partial charge in [0.25, 0.3) is 5.91 Å². The smallest absolute Gasteiger partial charge is 0.272 e. The topological polar surface area (TPSA) is 69.8 Å². The second-order valence-electron chi connectivity index (χ2n) is 5.63. The summed E-state index contributed by atoms with van der Waals surface area (Å²) in [6.45, 7) is 5.31. The lowest BCUT2D eigenvalue weighted by atomic mass is 9.89. The molecule has 106 valence electrons.